The van der Waals surface area contributed by atoms with E-state index in [4.69, 9.17) is 0 Å². The van der Waals surface area contributed by atoms with E-state index in [2.05, 4.69) is 241 Å². The molecule has 9 aromatic carbocycles. The first kappa shape index (κ1) is 33.9. The topological polar surface area (TPSA) is 8.17 Å². The van der Waals surface area contributed by atoms with Crippen molar-refractivity contribution in [2.24, 2.45) is 0 Å². The normalized spacial score (nSPS) is 12.7. The maximum Gasteiger partial charge on any atom is 0.0734 e. The van der Waals surface area contributed by atoms with Crippen LogP contribution < -0.4 is 4.90 Å². The Balaban J connectivity index is 1.09. The summed E-state index contributed by atoms with van der Waals surface area (Å²) in [4.78, 5) is 2.24. The van der Waals surface area contributed by atoms with E-state index in [1.165, 1.54) is 83.1 Å². The molecule has 274 valence electrons. The van der Waals surface area contributed by atoms with Crippen LogP contribution in [0.2, 0.25) is 0 Å². The van der Waals surface area contributed by atoms with Gasteiger partial charge >= 0.3 is 0 Å². The summed E-state index contributed by atoms with van der Waals surface area (Å²) >= 11 is 0. The van der Waals surface area contributed by atoms with E-state index < -0.39 is 5.41 Å². The Bertz CT molecular complexity index is 3080. The molecule has 0 aliphatic heterocycles. The van der Waals surface area contributed by atoms with Crippen molar-refractivity contribution >= 4 is 33.2 Å². The highest BCUT2D eigenvalue weighted by Crippen LogP contribution is 2.58. The van der Waals surface area contributed by atoms with E-state index in [9.17, 15) is 0 Å². The molecule has 1 aromatic heterocycles. The SMILES string of the molecule is CN(c1ccccc1)c1cccc(-c2cccc(-c3ccc4c(c3)c3ccccc3n4-c3cccc4c3C(c3ccccc3)(c3ccccc3)c3ccccc3-4)c2)c1. The fraction of sp³-hybridized carbons (Fsp3) is 0.0357. The van der Waals surface area contributed by atoms with Crippen LogP contribution in [0.15, 0.2) is 224 Å². The first-order valence-electron chi connectivity index (χ1n) is 20.1. The zero-order valence-corrected chi connectivity index (χ0v) is 32.3. The minimum atomic E-state index is -0.518. The van der Waals surface area contributed by atoms with Gasteiger partial charge in [-0.1, -0.05) is 170 Å². The van der Waals surface area contributed by atoms with Crippen LogP contribution in [0.4, 0.5) is 11.4 Å². The average molecular weight is 741 g/mol. The maximum atomic E-state index is 2.52. The monoisotopic (exact) mass is 740 g/mol. The van der Waals surface area contributed by atoms with Gasteiger partial charge in [-0.25, -0.2) is 0 Å². The van der Waals surface area contributed by atoms with Gasteiger partial charge in [0.25, 0.3) is 0 Å². The zero-order chi connectivity index (χ0) is 38.6. The van der Waals surface area contributed by atoms with Gasteiger partial charge in [0, 0.05) is 34.8 Å². The molecule has 11 rings (SSSR count). The number of hydrogen-bond acceptors (Lipinski definition) is 1. The Kier molecular flexibility index (Phi) is 7.97. The Morgan fingerprint density at radius 1 is 0.379 bits per heavy atom. The number of benzene rings is 9. The van der Waals surface area contributed by atoms with Crippen molar-refractivity contribution in [3.05, 3.63) is 247 Å². The molecule has 0 saturated carbocycles. The summed E-state index contributed by atoms with van der Waals surface area (Å²) in [5.41, 5.74) is 17.9. The van der Waals surface area contributed by atoms with Crippen LogP contribution in [-0.4, -0.2) is 11.6 Å². The number of nitrogens with zero attached hydrogens (tertiary/aromatic N) is 2. The number of rotatable bonds is 7. The molecular formula is C56H40N2. The molecule has 0 fully saturated rings. The lowest BCUT2D eigenvalue weighted by Gasteiger charge is -2.35. The van der Waals surface area contributed by atoms with Gasteiger partial charge in [-0.3, -0.25) is 0 Å². The third-order valence-corrected chi connectivity index (χ3v) is 12.3. The van der Waals surface area contributed by atoms with E-state index in [0.29, 0.717) is 0 Å². The lowest BCUT2D eigenvalue weighted by atomic mass is 9.67. The van der Waals surface area contributed by atoms with Gasteiger partial charge in [0.05, 0.1) is 22.1 Å². The summed E-state index contributed by atoms with van der Waals surface area (Å²) in [6.07, 6.45) is 0. The van der Waals surface area contributed by atoms with Crippen molar-refractivity contribution in [1.82, 2.24) is 4.57 Å². The highest BCUT2D eigenvalue weighted by Gasteiger charge is 2.47. The predicted octanol–water partition coefficient (Wildman–Crippen LogP) is 14.2. The molecule has 0 saturated heterocycles. The van der Waals surface area contributed by atoms with Gasteiger partial charge in [0.2, 0.25) is 0 Å². The van der Waals surface area contributed by atoms with Crippen LogP contribution in [0, 0.1) is 0 Å². The van der Waals surface area contributed by atoms with Crippen molar-refractivity contribution in [3.63, 3.8) is 0 Å². The summed E-state index contributed by atoms with van der Waals surface area (Å²) in [6.45, 7) is 0. The van der Waals surface area contributed by atoms with Crippen molar-refractivity contribution in [2.45, 2.75) is 5.41 Å². The molecule has 1 aliphatic carbocycles. The molecule has 10 aromatic rings. The fourth-order valence-corrected chi connectivity index (χ4v) is 9.65. The third-order valence-electron chi connectivity index (χ3n) is 12.3. The summed E-state index contributed by atoms with van der Waals surface area (Å²) in [6, 6.07) is 82.3. The van der Waals surface area contributed by atoms with E-state index in [-0.39, 0.29) is 0 Å². The number of aromatic nitrogens is 1. The summed E-state index contributed by atoms with van der Waals surface area (Å²) < 4.78 is 2.52. The molecular weight excluding hydrogens is 701 g/mol. The Hall–Kier alpha value is -7.42. The van der Waals surface area contributed by atoms with Crippen LogP contribution in [0.3, 0.4) is 0 Å². The first-order chi connectivity index (χ1) is 28.7. The van der Waals surface area contributed by atoms with Crippen LogP contribution in [0.25, 0.3) is 60.9 Å². The highest BCUT2D eigenvalue weighted by atomic mass is 15.1. The largest absolute Gasteiger partial charge is 0.345 e. The van der Waals surface area contributed by atoms with E-state index in [0.717, 1.165) is 11.4 Å². The molecule has 0 unspecified atom stereocenters. The van der Waals surface area contributed by atoms with Gasteiger partial charge in [-0.2, -0.15) is 0 Å². The third kappa shape index (κ3) is 5.19. The maximum absolute atomic E-state index is 2.52. The highest BCUT2D eigenvalue weighted by molar-refractivity contribution is 6.11. The van der Waals surface area contributed by atoms with Crippen molar-refractivity contribution < 1.29 is 0 Å². The Morgan fingerprint density at radius 2 is 0.914 bits per heavy atom. The summed E-state index contributed by atoms with van der Waals surface area (Å²) in [5, 5.41) is 2.48. The Labute approximate surface area is 339 Å². The van der Waals surface area contributed by atoms with Gasteiger partial charge in [0.15, 0.2) is 0 Å². The smallest absolute Gasteiger partial charge is 0.0734 e. The second kappa shape index (κ2) is 13.7. The Morgan fingerprint density at radius 3 is 1.66 bits per heavy atom. The molecule has 58 heavy (non-hydrogen) atoms. The molecule has 0 atom stereocenters. The number of para-hydroxylation sites is 2. The lowest BCUT2D eigenvalue weighted by Crippen LogP contribution is -2.29. The standard InChI is InChI=1S/C56H40N2/c1-57(45-25-9-4-10-26-45)46-27-16-20-41(37-46)39-18-15-19-40(36-39)42-34-35-53-50(38-42)48-29-12-14-32-52(48)58(53)54-33-17-30-49-47-28-11-13-31-51(47)56(55(49)54,43-21-5-2-6-22-43)44-23-7-3-8-24-44/h2-38H,1H3. The molecule has 0 spiro atoms. The second-order valence-corrected chi connectivity index (χ2v) is 15.3. The minimum Gasteiger partial charge on any atom is -0.345 e. The van der Waals surface area contributed by atoms with Crippen LogP contribution >= 0.6 is 0 Å². The predicted molar refractivity (Wildman–Crippen MR) is 243 cm³/mol. The summed E-state index contributed by atoms with van der Waals surface area (Å²) in [7, 11) is 2.13. The van der Waals surface area contributed by atoms with Gasteiger partial charge in [0.1, 0.15) is 0 Å². The minimum absolute atomic E-state index is 0.518. The average Bonchev–Trinajstić information content (AvgIpc) is 3.80. The first-order valence-corrected chi connectivity index (χ1v) is 20.1. The van der Waals surface area contributed by atoms with Crippen LogP contribution in [-0.2, 0) is 5.41 Å². The molecule has 2 nitrogen and oxygen atoms in total. The van der Waals surface area contributed by atoms with Gasteiger partial charge in [-0.15, -0.1) is 0 Å². The fourth-order valence-electron chi connectivity index (χ4n) is 9.65. The summed E-state index contributed by atoms with van der Waals surface area (Å²) in [5.74, 6) is 0. The van der Waals surface area contributed by atoms with Crippen molar-refractivity contribution in [2.75, 3.05) is 11.9 Å². The molecule has 0 bridgehead atoms. The molecule has 0 amide bonds. The van der Waals surface area contributed by atoms with Crippen LogP contribution in [0.1, 0.15) is 22.3 Å². The van der Waals surface area contributed by atoms with E-state index in [1.807, 2.05) is 0 Å². The second-order valence-electron chi connectivity index (χ2n) is 15.3. The van der Waals surface area contributed by atoms with Crippen molar-refractivity contribution in [1.29, 1.82) is 0 Å². The molecule has 2 heteroatoms. The number of anilines is 2. The lowest BCUT2D eigenvalue weighted by molar-refractivity contribution is 0.762. The van der Waals surface area contributed by atoms with E-state index in [1.54, 1.807) is 0 Å². The molecule has 1 heterocycles. The molecule has 0 N–H and O–H groups in total. The van der Waals surface area contributed by atoms with Gasteiger partial charge < -0.3 is 9.47 Å². The van der Waals surface area contributed by atoms with E-state index >= 15 is 0 Å². The zero-order valence-electron chi connectivity index (χ0n) is 32.3. The molecule has 0 radical (unpaired) electrons. The van der Waals surface area contributed by atoms with Crippen LogP contribution in [0.5, 0.6) is 0 Å². The quantitative estimate of drug-likeness (QED) is 0.158. The number of hydrogen-bond donors (Lipinski definition) is 0. The van der Waals surface area contributed by atoms with Crippen molar-refractivity contribution in [3.8, 4) is 39.1 Å². The number of fused-ring (bicyclic) bond motifs is 6. The van der Waals surface area contributed by atoms with Gasteiger partial charge in [-0.05, 0) is 105 Å². The molecule has 1 aliphatic rings.